The number of para-hydroxylation sites is 1. The van der Waals surface area contributed by atoms with Gasteiger partial charge in [-0.3, -0.25) is 4.79 Å². The molecule has 0 unspecified atom stereocenters. The van der Waals surface area contributed by atoms with Crippen LogP contribution in [0, 0.1) is 0 Å². The number of ether oxygens (including phenoxy) is 3. The molecule has 0 aromatic heterocycles. The highest BCUT2D eigenvalue weighted by atomic mass is 16.7. The van der Waals surface area contributed by atoms with E-state index >= 15 is 0 Å². The summed E-state index contributed by atoms with van der Waals surface area (Å²) in [5.41, 5.74) is 1.02. The Labute approximate surface area is 173 Å². The zero-order valence-corrected chi connectivity index (χ0v) is 16.3. The second-order valence-corrected chi connectivity index (χ2v) is 6.78. The van der Waals surface area contributed by atoms with Crippen molar-refractivity contribution in [1.82, 2.24) is 0 Å². The zero-order valence-electron chi connectivity index (χ0n) is 16.3. The van der Waals surface area contributed by atoms with Crippen molar-refractivity contribution in [3.05, 3.63) is 65.7 Å². The van der Waals surface area contributed by atoms with Gasteiger partial charge in [0.05, 0.1) is 19.3 Å². The van der Waals surface area contributed by atoms with Gasteiger partial charge in [0.25, 0.3) is 0 Å². The van der Waals surface area contributed by atoms with Gasteiger partial charge in [-0.1, -0.05) is 30.3 Å². The van der Waals surface area contributed by atoms with Crippen molar-refractivity contribution >= 4 is 11.9 Å². The van der Waals surface area contributed by atoms with Gasteiger partial charge in [-0.15, -0.1) is 0 Å². The number of methoxy groups -OCH3 is 1. The molecule has 160 valence electrons. The molecule has 0 amide bonds. The first-order chi connectivity index (χ1) is 14.4. The van der Waals surface area contributed by atoms with Crippen LogP contribution in [-0.4, -0.2) is 70.6 Å². The smallest absolute Gasteiger partial charge is 0.229 e. The molecular weight excluding hydrogens is 392 g/mol. The quantitative estimate of drug-likeness (QED) is 0.385. The molecule has 0 radical (unpaired) electrons. The molecule has 0 aliphatic carbocycles. The third-order valence-corrected chi connectivity index (χ3v) is 4.79. The van der Waals surface area contributed by atoms with E-state index in [1.165, 1.54) is 12.1 Å². The largest absolute Gasteiger partial charge is 0.497 e. The molecule has 2 aromatic rings. The summed E-state index contributed by atoms with van der Waals surface area (Å²) in [5.74, 6) is 0.494. The Morgan fingerprint density at radius 2 is 1.73 bits per heavy atom. The highest BCUT2D eigenvalue weighted by molar-refractivity contribution is 6.08. The predicted octanol–water partition coefficient (Wildman–Crippen LogP) is 0.770. The fourth-order valence-electron chi connectivity index (χ4n) is 3.04. The zero-order chi connectivity index (χ0) is 21.7. The number of ketones is 1. The number of allylic oxidation sites excluding steroid dienone is 1. The topological polar surface area (TPSA) is 126 Å². The Balaban J connectivity index is 1.76. The molecule has 2 aromatic carbocycles. The number of hydrogen-bond donors (Lipinski definition) is 4. The predicted molar refractivity (Wildman–Crippen MR) is 107 cm³/mol. The van der Waals surface area contributed by atoms with E-state index in [0.29, 0.717) is 5.75 Å². The number of rotatable bonds is 7. The van der Waals surface area contributed by atoms with Crippen LogP contribution < -0.4 is 9.47 Å². The van der Waals surface area contributed by atoms with Crippen LogP contribution in [0.5, 0.6) is 11.5 Å². The SMILES string of the molecule is COc1ccc(/C=C/C(=O)c2ccccc2O[C@@H]2O[C@H](CO)[C@@H](O)[C@H](O)[C@H]2O)cc1. The number of aliphatic hydroxyl groups is 4. The van der Waals surface area contributed by atoms with E-state index in [4.69, 9.17) is 14.2 Å². The number of aliphatic hydroxyl groups excluding tert-OH is 4. The minimum absolute atomic E-state index is 0.131. The molecule has 30 heavy (non-hydrogen) atoms. The Hall–Kier alpha value is -2.75. The van der Waals surface area contributed by atoms with Crippen LogP contribution in [0.3, 0.4) is 0 Å². The lowest BCUT2D eigenvalue weighted by atomic mass is 9.99. The summed E-state index contributed by atoms with van der Waals surface area (Å²) in [5, 5.41) is 39.2. The van der Waals surface area contributed by atoms with Gasteiger partial charge in [-0.05, 0) is 35.9 Å². The molecular formula is C22H24O8. The van der Waals surface area contributed by atoms with Crippen molar-refractivity contribution in [1.29, 1.82) is 0 Å². The van der Waals surface area contributed by atoms with Gasteiger partial charge in [0.1, 0.15) is 35.9 Å². The van der Waals surface area contributed by atoms with Crippen LogP contribution in [-0.2, 0) is 4.74 Å². The summed E-state index contributed by atoms with van der Waals surface area (Å²) in [6, 6.07) is 13.5. The molecule has 0 saturated carbocycles. The number of benzene rings is 2. The third kappa shape index (κ3) is 4.86. The maximum Gasteiger partial charge on any atom is 0.229 e. The molecule has 1 heterocycles. The molecule has 8 nitrogen and oxygen atoms in total. The maximum atomic E-state index is 12.7. The second-order valence-electron chi connectivity index (χ2n) is 6.78. The molecule has 0 bridgehead atoms. The molecule has 1 aliphatic rings. The van der Waals surface area contributed by atoms with Crippen LogP contribution in [0.1, 0.15) is 15.9 Å². The minimum Gasteiger partial charge on any atom is -0.497 e. The van der Waals surface area contributed by atoms with Gasteiger partial charge in [-0.25, -0.2) is 0 Å². The summed E-state index contributed by atoms with van der Waals surface area (Å²) < 4.78 is 16.1. The van der Waals surface area contributed by atoms with Gasteiger partial charge in [0.15, 0.2) is 5.78 Å². The number of carbonyl (C=O) groups is 1. The van der Waals surface area contributed by atoms with E-state index in [2.05, 4.69) is 0 Å². The fraction of sp³-hybridized carbons (Fsp3) is 0.318. The number of hydrogen-bond acceptors (Lipinski definition) is 8. The highest BCUT2D eigenvalue weighted by Crippen LogP contribution is 2.27. The Bertz CT molecular complexity index is 877. The molecule has 1 fully saturated rings. The van der Waals surface area contributed by atoms with Crippen LogP contribution in [0.2, 0.25) is 0 Å². The van der Waals surface area contributed by atoms with Crippen LogP contribution in [0.4, 0.5) is 0 Å². The Morgan fingerprint density at radius 3 is 2.40 bits per heavy atom. The average molecular weight is 416 g/mol. The summed E-state index contributed by atoms with van der Waals surface area (Å²) in [4.78, 5) is 12.7. The summed E-state index contributed by atoms with van der Waals surface area (Å²) in [6.07, 6.45) is -4.08. The van der Waals surface area contributed by atoms with Crippen molar-refractivity contribution in [2.75, 3.05) is 13.7 Å². The van der Waals surface area contributed by atoms with Crippen LogP contribution in [0.15, 0.2) is 54.6 Å². The van der Waals surface area contributed by atoms with Crippen LogP contribution >= 0.6 is 0 Å². The summed E-state index contributed by atoms with van der Waals surface area (Å²) in [7, 11) is 1.57. The van der Waals surface area contributed by atoms with Gasteiger partial charge in [-0.2, -0.15) is 0 Å². The molecule has 8 heteroatoms. The minimum atomic E-state index is -1.57. The van der Waals surface area contributed by atoms with Crippen molar-refractivity contribution in [3.63, 3.8) is 0 Å². The molecule has 0 spiro atoms. The first-order valence-corrected chi connectivity index (χ1v) is 9.37. The standard InChI is InChI=1S/C22H24O8/c1-28-14-9-6-13(7-10-14)8-11-16(24)15-4-2-3-5-17(15)29-22-21(27)20(26)19(25)18(12-23)30-22/h2-11,18-23,25-27H,12H2,1H3/b11-8+/t18-,19-,20+,21-,22-/m1/s1. The molecule has 1 aliphatic heterocycles. The first kappa shape index (κ1) is 21.9. The molecule has 5 atom stereocenters. The lowest BCUT2D eigenvalue weighted by molar-refractivity contribution is -0.277. The van der Waals surface area contributed by atoms with Gasteiger partial charge in [0.2, 0.25) is 6.29 Å². The molecule has 3 rings (SSSR count). The maximum absolute atomic E-state index is 12.7. The van der Waals surface area contributed by atoms with E-state index in [1.54, 1.807) is 55.7 Å². The normalized spacial score (nSPS) is 26.5. The van der Waals surface area contributed by atoms with Crippen molar-refractivity contribution in [2.45, 2.75) is 30.7 Å². The van der Waals surface area contributed by atoms with Crippen LogP contribution in [0.25, 0.3) is 6.08 Å². The monoisotopic (exact) mass is 416 g/mol. The lowest BCUT2D eigenvalue weighted by Gasteiger charge is -2.39. The van der Waals surface area contributed by atoms with Gasteiger partial charge >= 0.3 is 0 Å². The van der Waals surface area contributed by atoms with E-state index in [0.717, 1.165) is 5.56 Å². The highest BCUT2D eigenvalue weighted by Gasteiger charge is 2.44. The molecule has 4 N–H and O–H groups in total. The van der Waals surface area contributed by atoms with E-state index in [-0.39, 0.29) is 17.1 Å². The second kappa shape index (κ2) is 9.84. The van der Waals surface area contributed by atoms with Crippen molar-refractivity contribution in [3.8, 4) is 11.5 Å². The van der Waals surface area contributed by atoms with Gasteiger partial charge < -0.3 is 34.6 Å². The third-order valence-electron chi connectivity index (χ3n) is 4.79. The van der Waals surface area contributed by atoms with E-state index < -0.39 is 37.3 Å². The van der Waals surface area contributed by atoms with E-state index in [1.807, 2.05) is 0 Å². The average Bonchev–Trinajstić information content (AvgIpc) is 2.78. The lowest BCUT2D eigenvalue weighted by Crippen LogP contribution is -2.60. The summed E-state index contributed by atoms with van der Waals surface area (Å²) >= 11 is 0. The van der Waals surface area contributed by atoms with Crippen molar-refractivity contribution < 1.29 is 39.4 Å². The first-order valence-electron chi connectivity index (χ1n) is 9.37. The summed E-state index contributed by atoms with van der Waals surface area (Å²) in [6.45, 7) is -0.573. The Kier molecular flexibility index (Phi) is 7.20. The number of carbonyl (C=O) groups excluding carboxylic acids is 1. The Morgan fingerprint density at radius 1 is 1.03 bits per heavy atom. The molecule has 1 saturated heterocycles. The van der Waals surface area contributed by atoms with Gasteiger partial charge in [0, 0.05) is 0 Å². The fourth-order valence-corrected chi connectivity index (χ4v) is 3.04. The van der Waals surface area contributed by atoms with E-state index in [9.17, 15) is 25.2 Å². The van der Waals surface area contributed by atoms with Crippen molar-refractivity contribution in [2.24, 2.45) is 0 Å².